The number of morpholine rings is 1. The van der Waals surface area contributed by atoms with Gasteiger partial charge >= 0.3 is 0 Å². The number of carbonyl (C=O) groups is 1. The van der Waals surface area contributed by atoms with Gasteiger partial charge in [-0.05, 0) is 37.0 Å². The number of hydrogen-bond donors (Lipinski definition) is 1. The molecule has 27 heavy (non-hydrogen) atoms. The fourth-order valence-corrected chi connectivity index (χ4v) is 5.20. The molecule has 1 aliphatic heterocycles. The minimum Gasteiger partial charge on any atom is -0.379 e. The quantitative estimate of drug-likeness (QED) is 0.716. The van der Waals surface area contributed by atoms with E-state index in [0.717, 1.165) is 30.9 Å². The second kappa shape index (κ2) is 9.12. The largest absolute Gasteiger partial charge is 0.379 e. The molecule has 150 valence electrons. The number of nitrogens with one attached hydrogen (secondary N) is 1. The highest BCUT2D eigenvalue weighted by atomic mass is 32.2. The maximum Gasteiger partial charge on any atom is 0.254 e. The van der Waals surface area contributed by atoms with Gasteiger partial charge in [0.2, 0.25) is 10.0 Å². The van der Waals surface area contributed by atoms with Crippen LogP contribution in [0.5, 0.6) is 0 Å². The van der Waals surface area contributed by atoms with E-state index in [-0.39, 0.29) is 23.5 Å². The lowest BCUT2D eigenvalue weighted by Gasteiger charge is -2.26. The lowest BCUT2D eigenvalue weighted by molar-refractivity contribution is 0.0730. The van der Waals surface area contributed by atoms with Gasteiger partial charge in [0.25, 0.3) is 5.91 Å². The molecule has 0 spiro atoms. The molecule has 1 aromatic rings. The topological polar surface area (TPSA) is 75.7 Å². The number of amides is 1. The summed E-state index contributed by atoms with van der Waals surface area (Å²) in [5.41, 5.74) is -0.231. The molecule has 3 rings (SSSR count). The van der Waals surface area contributed by atoms with Gasteiger partial charge < -0.3 is 10.1 Å². The van der Waals surface area contributed by atoms with Crippen molar-refractivity contribution >= 4 is 15.9 Å². The van der Waals surface area contributed by atoms with Crippen molar-refractivity contribution in [1.29, 1.82) is 0 Å². The Kier molecular flexibility index (Phi) is 6.83. The van der Waals surface area contributed by atoms with Crippen LogP contribution in [0.2, 0.25) is 0 Å². The number of ether oxygens (including phenoxy) is 1. The highest BCUT2D eigenvalue weighted by Crippen LogP contribution is 2.28. The maximum atomic E-state index is 14.1. The molecule has 6 nitrogen and oxygen atoms in total. The predicted octanol–water partition coefficient (Wildman–Crippen LogP) is 2.55. The molecule has 8 heteroatoms. The first-order valence-electron chi connectivity index (χ1n) is 9.64. The first kappa shape index (κ1) is 20.2. The molecular formula is C19H27FN2O4S. The monoisotopic (exact) mass is 398 g/mol. The molecule has 0 radical (unpaired) electrons. The van der Waals surface area contributed by atoms with Crippen LogP contribution in [0.1, 0.15) is 48.9 Å². The van der Waals surface area contributed by atoms with Crippen molar-refractivity contribution in [3.63, 3.8) is 0 Å². The fourth-order valence-electron chi connectivity index (χ4n) is 3.76. The molecule has 1 heterocycles. The number of halogens is 1. The highest BCUT2D eigenvalue weighted by molar-refractivity contribution is 7.89. The van der Waals surface area contributed by atoms with Gasteiger partial charge in [-0.15, -0.1) is 0 Å². The predicted molar refractivity (Wildman–Crippen MR) is 99.5 cm³/mol. The van der Waals surface area contributed by atoms with Crippen molar-refractivity contribution in [3.8, 4) is 0 Å². The van der Waals surface area contributed by atoms with Gasteiger partial charge in [-0.1, -0.05) is 25.7 Å². The molecule has 1 aromatic carbocycles. The highest BCUT2D eigenvalue weighted by Gasteiger charge is 2.27. The summed E-state index contributed by atoms with van der Waals surface area (Å²) in [7, 11) is -3.76. The van der Waals surface area contributed by atoms with E-state index in [0.29, 0.717) is 19.8 Å². The minimum absolute atomic E-state index is 0.0677. The van der Waals surface area contributed by atoms with Crippen molar-refractivity contribution in [2.24, 2.45) is 5.92 Å². The van der Waals surface area contributed by atoms with E-state index in [1.807, 2.05) is 0 Å². The molecule has 0 atom stereocenters. The first-order valence-corrected chi connectivity index (χ1v) is 11.1. The van der Waals surface area contributed by atoms with Crippen molar-refractivity contribution in [2.45, 2.75) is 43.4 Å². The Morgan fingerprint density at radius 1 is 1.22 bits per heavy atom. The third kappa shape index (κ3) is 5.06. The summed E-state index contributed by atoms with van der Waals surface area (Å²) in [5.74, 6) is -0.553. The van der Waals surface area contributed by atoms with Crippen LogP contribution in [0.3, 0.4) is 0 Å². The van der Waals surface area contributed by atoms with Crippen LogP contribution in [0.25, 0.3) is 0 Å². The van der Waals surface area contributed by atoms with Crippen LogP contribution in [0, 0.1) is 11.7 Å². The lowest BCUT2D eigenvalue weighted by Crippen LogP contribution is -2.40. The van der Waals surface area contributed by atoms with Gasteiger partial charge in [0.1, 0.15) is 5.82 Å². The summed E-state index contributed by atoms with van der Waals surface area (Å²) in [6.45, 7) is 1.63. The molecule has 1 N–H and O–H groups in total. The summed E-state index contributed by atoms with van der Waals surface area (Å²) in [4.78, 5) is 12.3. The molecule has 0 bridgehead atoms. The molecule has 0 aromatic heterocycles. The average molecular weight is 399 g/mol. The summed E-state index contributed by atoms with van der Waals surface area (Å²) in [5, 5.41) is 2.71. The number of sulfonamides is 1. The maximum absolute atomic E-state index is 14.1. The molecule has 1 aliphatic carbocycles. The van der Waals surface area contributed by atoms with Gasteiger partial charge in [0.05, 0.1) is 23.7 Å². The van der Waals surface area contributed by atoms with Crippen LogP contribution in [0.15, 0.2) is 23.1 Å². The molecule has 2 fully saturated rings. The Morgan fingerprint density at radius 2 is 1.93 bits per heavy atom. The van der Waals surface area contributed by atoms with Crippen LogP contribution < -0.4 is 5.32 Å². The van der Waals surface area contributed by atoms with Crippen LogP contribution >= 0.6 is 0 Å². The molecule has 1 saturated carbocycles. The van der Waals surface area contributed by atoms with E-state index in [2.05, 4.69) is 5.32 Å². The standard InChI is InChI=1S/C19H27FN2O4S/c20-18-8-7-16(27(24,25)22-10-12-26-13-11-22)14-17(18)19(23)21-9-3-6-15-4-1-2-5-15/h7-8,14-15H,1-6,9-13H2,(H,21,23). The molecule has 1 saturated heterocycles. The normalized spacial score (nSPS) is 19.3. The molecule has 1 amide bonds. The zero-order valence-corrected chi connectivity index (χ0v) is 16.3. The lowest BCUT2D eigenvalue weighted by atomic mass is 10.0. The van der Waals surface area contributed by atoms with Gasteiger partial charge in [-0.3, -0.25) is 4.79 Å². The van der Waals surface area contributed by atoms with E-state index in [9.17, 15) is 17.6 Å². The summed E-state index contributed by atoms with van der Waals surface area (Å²) >= 11 is 0. The van der Waals surface area contributed by atoms with E-state index in [1.165, 1.54) is 36.1 Å². The summed E-state index contributed by atoms with van der Waals surface area (Å²) in [6, 6.07) is 3.38. The minimum atomic E-state index is -3.76. The van der Waals surface area contributed by atoms with Crippen molar-refractivity contribution in [2.75, 3.05) is 32.8 Å². The van der Waals surface area contributed by atoms with Gasteiger partial charge in [-0.2, -0.15) is 4.31 Å². The number of hydrogen-bond acceptors (Lipinski definition) is 4. The van der Waals surface area contributed by atoms with Crippen molar-refractivity contribution in [3.05, 3.63) is 29.6 Å². The first-order chi connectivity index (χ1) is 13.0. The van der Waals surface area contributed by atoms with E-state index >= 15 is 0 Å². The fraction of sp³-hybridized carbons (Fsp3) is 0.632. The van der Waals surface area contributed by atoms with Crippen LogP contribution in [-0.4, -0.2) is 51.5 Å². The second-order valence-electron chi connectivity index (χ2n) is 7.21. The second-order valence-corrected chi connectivity index (χ2v) is 9.14. The Balaban J connectivity index is 1.62. The van der Waals surface area contributed by atoms with Gasteiger partial charge in [0.15, 0.2) is 0 Å². The number of carbonyl (C=O) groups excluding carboxylic acids is 1. The van der Waals surface area contributed by atoms with E-state index < -0.39 is 21.7 Å². The Bertz CT molecular complexity index is 757. The zero-order valence-electron chi connectivity index (χ0n) is 15.5. The van der Waals surface area contributed by atoms with Crippen molar-refractivity contribution in [1.82, 2.24) is 9.62 Å². The Hall–Kier alpha value is -1.51. The average Bonchev–Trinajstić information content (AvgIpc) is 3.19. The summed E-state index contributed by atoms with van der Waals surface area (Å²) < 4.78 is 46.0. The third-order valence-corrected chi connectivity index (χ3v) is 7.23. The zero-order chi connectivity index (χ0) is 19.3. The molecule has 0 unspecified atom stereocenters. The van der Waals surface area contributed by atoms with Gasteiger partial charge in [0, 0.05) is 19.6 Å². The number of rotatable bonds is 7. The molecular weight excluding hydrogens is 371 g/mol. The Labute approximate surface area is 160 Å². The Morgan fingerprint density at radius 3 is 2.63 bits per heavy atom. The van der Waals surface area contributed by atoms with Crippen LogP contribution in [-0.2, 0) is 14.8 Å². The van der Waals surface area contributed by atoms with E-state index in [1.54, 1.807) is 0 Å². The SMILES string of the molecule is O=C(NCCCC1CCCC1)c1cc(S(=O)(=O)N2CCOCC2)ccc1F. The van der Waals surface area contributed by atoms with E-state index in [4.69, 9.17) is 4.74 Å². The van der Waals surface area contributed by atoms with Gasteiger partial charge in [-0.25, -0.2) is 12.8 Å². The smallest absolute Gasteiger partial charge is 0.254 e. The van der Waals surface area contributed by atoms with Crippen LogP contribution in [0.4, 0.5) is 4.39 Å². The number of nitrogens with zero attached hydrogens (tertiary/aromatic N) is 1. The molecule has 2 aliphatic rings. The van der Waals surface area contributed by atoms with Crippen molar-refractivity contribution < 1.29 is 22.3 Å². The number of benzene rings is 1. The summed E-state index contributed by atoms with van der Waals surface area (Å²) in [6.07, 6.45) is 6.99. The third-order valence-electron chi connectivity index (χ3n) is 5.34.